The van der Waals surface area contributed by atoms with E-state index in [1.165, 1.54) is 64.2 Å². The van der Waals surface area contributed by atoms with Crippen molar-refractivity contribution in [3.63, 3.8) is 0 Å². The molecule has 1 saturated heterocycles. The van der Waals surface area contributed by atoms with Gasteiger partial charge in [-0.25, -0.2) is 4.57 Å². The number of esters is 1. The number of aliphatic hydroxyl groups excluding tert-OH is 3. The summed E-state index contributed by atoms with van der Waals surface area (Å²) >= 11 is 0. The third-order valence-electron chi connectivity index (χ3n) is 10.2. The van der Waals surface area contributed by atoms with E-state index in [-0.39, 0.29) is 38.6 Å². The van der Waals surface area contributed by atoms with Gasteiger partial charge in [-0.3, -0.25) is 13.8 Å². The molecule has 0 aliphatic carbocycles. The first-order valence-corrected chi connectivity index (χ1v) is 24.3. The number of unbranched alkanes of at least 4 members (excludes halogenated alkanes) is 14. The van der Waals surface area contributed by atoms with E-state index in [0.29, 0.717) is 36.7 Å². The van der Waals surface area contributed by atoms with Gasteiger partial charge >= 0.3 is 13.8 Å². The highest BCUT2D eigenvalue weighted by molar-refractivity contribution is 7.47. The molecule has 0 aromatic rings. The van der Waals surface area contributed by atoms with Crippen molar-refractivity contribution in [2.45, 2.75) is 186 Å². The second-order valence-corrected chi connectivity index (χ2v) is 18.5. The Kier molecular flexibility index (Phi) is 32.4. The molecule has 0 aromatic heterocycles. The number of phosphoric ester groups is 1. The Morgan fingerprint density at radius 2 is 1.39 bits per heavy atom. The van der Waals surface area contributed by atoms with Gasteiger partial charge in [0.25, 0.3) is 0 Å². The van der Waals surface area contributed by atoms with Gasteiger partial charge in [0.05, 0.1) is 52.3 Å². The number of hydrogen-bond acceptors (Lipinski definition) is 10. The molecule has 13 heteroatoms. The largest absolute Gasteiger partial charge is 0.498 e. The Labute approximate surface area is 358 Å². The monoisotopic (exact) mass is 859 g/mol. The van der Waals surface area contributed by atoms with Crippen molar-refractivity contribution >= 4 is 13.8 Å². The summed E-state index contributed by atoms with van der Waals surface area (Å²) in [5, 5.41) is 31.0. The summed E-state index contributed by atoms with van der Waals surface area (Å²) in [5.41, 5.74) is 0. The molecule has 12 nitrogen and oxygen atoms in total. The molecule has 0 radical (unpaired) electrons. The predicted octanol–water partition coefficient (Wildman–Crippen LogP) is 9.61. The van der Waals surface area contributed by atoms with Crippen LogP contribution in [0.5, 0.6) is 0 Å². The molecule has 59 heavy (non-hydrogen) atoms. The van der Waals surface area contributed by atoms with E-state index < -0.39 is 44.5 Å². The maximum absolute atomic E-state index is 12.8. The smallest absolute Gasteiger partial charge is 0.472 e. The van der Waals surface area contributed by atoms with Crippen LogP contribution in [0.4, 0.5) is 0 Å². The molecule has 1 rings (SSSR count). The minimum atomic E-state index is -4.37. The molecular weight excluding hydrogens is 773 g/mol. The summed E-state index contributed by atoms with van der Waals surface area (Å²) in [4.78, 5) is 23.0. The van der Waals surface area contributed by atoms with Crippen molar-refractivity contribution in [1.82, 2.24) is 0 Å². The lowest BCUT2D eigenvalue weighted by molar-refractivity contribution is -0.870. The van der Waals surface area contributed by atoms with E-state index in [1.54, 1.807) is 18.4 Å². The molecular formula is C46H85NO11P+. The quantitative estimate of drug-likeness (QED) is 0.0118. The average molecular weight is 859 g/mol. The Morgan fingerprint density at radius 3 is 2.05 bits per heavy atom. The van der Waals surface area contributed by atoms with Crippen LogP contribution >= 0.6 is 7.82 Å². The Hall–Kier alpha value is -1.86. The molecule has 0 saturated carbocycles. The third-order valence-corrected chi connectivity index (χ3v) is 11.2. The van der Waals surface area contributed by atoms with Crippen LogP contribution in [0.25, 0.3) is 0 Å². The van der Waals surface area contributed by atoms with Crippen LogP contribution in [0, 0.1) is 5.92 Å². The molecule has 4 N–H and O–H groups in total. The van der Waals surface area contributed by atoms with E-state index in [1.807, 2.05) is 39.4 Å². The number of carbonyl (C=O) groups excluding carboxylic acids is 1. The Bertz CT molecular complexity index is 1200. The van der Waals surface area contributed by atoms with Gasteiger partial charge < -0.3 is 38.9 Å². The topological polar surface area (TPSA) is 161 Å². The first-order valence-electron chi connectivity index (χ1n) is 22.8. The summed E-state index contributed by atoms with van der Waals surface area (Å²) in [6, 6.07) is 0. The summed E-state index contributed by atoms with van der Waals surface area (Å²) in [6.07, 6.45) is 32.8. The second kappa shape index (κ2) is 34.7. The average Bonchev–Trinajstić information content (AvgIpc) is 3.17. The number of phosphoric acid groups is 1. The fourth-order valence-corrected chi connectivity index (χ4v) is 7.29. The van der Waals surface area contributed by atoms with E-state index in [9.17, 15) is 29.6 Å². The number of carbonyl (C=O) groups is 1. The van der Waals surface area contributed by atoms with E-state index >= 15 is 0 Å². The van der Waals surface area contributed by atoms with Crippen LogP contribution in [0.2, 0.25) is 0 Å². The molecule has 1 heterocycles. The fraction of sp³-hybridized carbons (Fsp3) is 0.804. The van der Waals surface area contributed by atoms with Crippen LogP contribution in [0.3, 0.4) is 0 Å². The molecule has 2 unspecified atom stereocenters. The zero-order chi connectivity index (χ0) is 43.6. The highest BCUT2D eigenvalue weighted by Gasteiger charge is 2.35. The molecule has 0 aromatic carbocycles. The number of rotatable bonds is 37. The van der Waals surface area contributed by atoms with Crippen molar-refractivity contribution < 1.29 is 57.3 Å². The van der Waals surface area contributed by atoms with Crippen LogP contribution in [-0.4, -0.2) is 109 Å². The molecule has 7 atom stereocenters. The van der Waals surface area contributed by atoms with Gasteiger partial charge in [0.15, 0.2) is 12.4 Å². The van der Waals surface area contributed by atoms with Crippen LogP contribution in [-0.2, 0) is 32.6 Å². The number of aliphatic hydroxyl groups is 3. The minimum absolute atomic E-state index is 0.0272. The highest BCUT2D eigenvalue weighted by Crippen LogP contribution is 2.43. The Morgan fingerprint density at radius 1 is 0.797 bits per heavy atom. The van der Waals surface area contributed by atoms with Crippen LogP contribution < -0.4 is 0 Å². The van der Waals surface area contributed by atoms with Crippen molar-refractivity contribution in [3.8, 4) is 0 Å². The number of quaternary nitrogens is 1. The highest BCUT2D eigenvalue weighted by atomic mass is 31.2. The summed E-state index contributed by atoms with van der Waals surface area (Å²) in [7, 11) is 1.46. The van der Waals surface area contributed by atoms with Crippen molar-refractivity contribution in [1.29, 1.82) is 0 Å². The molecule has 0 spiro atoms. The molecule has 0 bridgehead atoms. The van der Waals surface area contributed by atoms with Crippen molar-refractivity contribution in [2.24, 2.45) is 5.92 Å². The predicted molar refractivity (Wildman–Crippen MR) is 236 cm³/mol. The normalized spacial score (nSPS) is 21.2. The van der Waals surface area contributed by atoms with Crippen molar-refractivity contribution in [2.75, 3.05) is 47.5 Å². The number of nitrogens with zero attached hydrogens (tertiary/aromatic N) is 1. The third kappa shape index (κ3) is 32.5. The van der Waals surface area contributed by atoms with Gasteiger partial charge in [0.1, 0.15) is 19.8 Å². The van der Waals surface area contributed by atoms with Crippen molar-refractivity contribution in [3.05, 3.63) is 48.8 Å². The number of hydrogen-bond donors (Lipinski definition) is 4. The van der Waals surface area contributed by atoms with E-state index in [0.717, 1.165) is 38.5 Å². The molecule has 1 aliphatic rings. The molecule has 344 valence electrons. The number of ether oxygens (including phenoxy) is 3. The first-order chi connectivity index (χ1) is 28.3. The van der Waals surface area contributed by atoms with Crippen LogP contribution in [0.15, 0.2) is 48.8 Å². The molecule has 0 amide bonds. The SMILES string of the molecule is CCCCCC/C=C\CCCCCCCC/C=C\OC[C@H](COP(=O)(O)OCC[N+](C)(C)C)OC(=O)CCC/C=C\C[C@H]1[C@@H](O)CC(O)O[C@@H]1/C=C/[C@@H](O)CCCCC. The van der Waals surface area contributed by atoms with Gasteiger partial charge in [-0.15, -0.1) is 0 Å². The minimum Gasteiger partial charge on any atom is -0.498 e. The fourth-order valence-electron chi connectivity index (χ4n) is 6.55. The summed E-state index contributed by atoms with van der Waals surface area (Å²) in [6.45, 7) is 4.48. The van der Waals surface area contributed by atoms with Gasteiger partial charge in [0.2, 0.25) is 0 Å². The lowest BCUT2D eigenvalue weighted by Crippen LogP contribution is -2.43. The van der Waals surface area contributed by atoms with Gasteiger partial charge in [0, 0.05) is 18.8 Å². The zero-order valence-electron chi connectivity index (χ0n) is 37.5. The molecule has 1 aliphatic heterocycles. The maximum Gasteiger partial charge on any atom is 0.472 e. The maximum atomic E-state index is 12.8. The number of likely N-dealkylation sites (N-methyl/N-ethyl adjacent to an activating group) is 1. The van der Waals surface area contributed by atoms with Gasteiger partial charge in [-0.2, -0.15) is 0 Å². The van der Waals surface area contributed by atoms with E-state index in [4.69, 9.17) is 23.3 Å². The second-order valence-electron chi connectivity index (χ2n) is 17.0. The first kappa shape index (κ1) is 55.2. The Balaban J connectivity index is 2.51. The standard InChI is InChI=1S/C46H84NO11P/c1-6-8-10-11-12-13-14-15-16-17-18-19-20-21-24-28-35-54-38-41(39-56-59(52,53)55-36-34-47(3,4)5)57-45(50)31-27-23-22-26-30-42-43(49)37-46(51)58-44(42)33-32-40(48)29-25-9-7-2/h13-14,22,26,28,32-33,35,40-44,46,48-49,51H,6-12,15-21,23-25,27,29-31,34,36-39H2,1-5H3/p+1/b14-13-,26-22-,33-32+,35-28-/t40-,41+,42-,43-,44+,46?/m0/s1. The van der Waals surface area contributed by atoms with E-state index in [2.05, 4.69) is 26.0 Å². The van der Waals surface area contributed by atoms with Gasteiger partial charge in [-0.1, -0.05) is 115 Å². The summed E-state index contributed by atoms with van der Waals surface area (Å²) in [5.74, 6) is -0.769. The zero-order valence-corrected chi connectivity index (χ0v) is 38.4. The van der Waals surface area contributed by atoms with Gasteiger partial charge in [-0.05, 0) is 70.3 Å². The summed E-state index contributed by atoms with van der Waals surface area (Å²) < 4.78 is 40.4. The van der Waals surface area contributed by atoms with Crippen LogP contribution in [0.1, 0.15) is 155 Å². The number of allylic oxidation sites excluding steroid dienone is 5. The lowest BCUT2D eigenvalue weighted by Gasteiger charge is -2.36. The lowest BCUT2D eigenvalue weighted by atomic mass is 9.87. The molecule has 1 fully saturated rings.